The van der Waals surface area contributed by atoms with Gasteiger partial charge >= 0.3 is 0 Å². The number of pyridine rings is 1. The number of aromatic nitrogens is 3. The summed E-state index contributed by atoms with van der Waals surface area (Å²) in [4.78, 5) is 22.9. The number of carbonyl (C=O) groups excluding carboxylic acids is 1. The monoisotopic (exact) mass is 452 g/mol. The van der Waals surface area contributed by atoms with Crippen LogP contribution >= 0.6 is 23.1 Å². The van der Waals surface area contributed by atoms with E-state index in [1.807, 2.05) is 44.2 Å². The van der Waals surface area contributed by atoms with Crippen LogP contribution in [0.25, 0.3) is 11.3 Å². The van der Waals surface area contributed by atoms with Gasteiger partial charge in [0.05, 0.1) is 24.1 Å². The molecule has 1 amide bonds. The van der Waals surface area contributed by atoms with Crippen molar-refractivity contribution < 1.29 is 14.1 Å². The van der Waals surface area contributed by atoms with Crippen molar-refractivity contribution in [1.29, 1.82) is 0 Å². The lowest BCUT2D eigenvalue weighted by Gasteiger charge is -2.06. The average Bonchev–Trinajstić information content (AvgIpc) is 3.37. The molecule has 7 nitrogen and oxygen atoms in total. The van der Waals surface area contributed by atoms with E-state index in [1.165, 1.54) is 23.1 Å². The van der Waals surface area contributed by atoms with E-state index in [0.29, 0.717) is 21.5 Å². The number of thiazole rings is 1. The smallest absolute Gasteiger partial charge is 0.260 e. The largest absolute Gasteiger partial charge is 0.497 e. The van der Waals surface area contributed by atoms with Gasteiger partial charge in [-0.3, -0.25) is 10.1 Å². The molecule has 0 aliphatic heterocycles. The minimum absolute atomic E-state index is 0.248. The third kappa shape index (κ3) is 4.95. The van der Waals surface area contributed by atoms with Gasteiger partial charge in [0.25, 0.3) is 5.91 Å². The molecule has 0 radical (unpaired) electrons. The molecule has 158 valence electrons. The van der Waals surface area contributed by atoms with Crippen molar-refractivity contribution in [2.75, 3.05) is 12.4 Å². The van der Waals surface area contributed by atoms with Crippen LogP contribution in [0.15, 0.2) is 58.2 Å². The Balaban J connectivity index is 1.49. The molecule has 0 aliphatic carbocycles. The Morgan fingerprint density at radius 2 is 2.03 bits per heavy atom. The fourth-order valence-corrected chi connectivity index (χ4v) is 4.64. The van der Waals surface area contributed by atoms with Gasteiger partial charge in [0.15, 0.2) is 5.13 Å². The number of nitrogens with one attached hydrogen (secondary N) is 1. The van der Waals surface area contributed by atoms with Crippen molar-refractivity contribution in [3.8, 4) is 17.0 Å². The second-order valence-electron chi connectivity index (χ2n) is 6.68. The lowest BCUT2D eigenvalue weighted by atomic mass is 10.1. The molecule has 0 aliphatic rings. The van der Waals surface area contributed by atoms with Gasteiger partial charge in [0.1, 0.15) is 16.5 Å². The molecule has 4 rings (SSSR count). The Bertz CT molecular complexity index is 1200. The molecule has 3 heterocycles. The van der Waals surface area contributed by atoms with E-state index in [4.69, 9.17) is 9.26 Å². The molecule has 0 atom stereocenters. The van der Waals surface area contributed by atoms with Crippen molar-refractivity contribution in [3.63, 3.8) is 0 Å². The minimum atomic E-state index is -0.248. The highest BCUT2D eigenvalue weighted by atomic mass is 32.2. The van der Waals surface area contributed by atoms with Crippen LogP contribution in [0.1, 0.15) is 26.7 Å². The Labute approximate surface area is 187 Å². The minimum Gasteiger partial charge on any atom is -0.497 e. The highest BCUT2D eigenvalue weighted by molar-refractivity contribution is 7.98. The van der Waals surface area contributed by atoms with Crippen LogP contribution < -0.4 is 10.1 Å². The zero-order chi connectivity index (χ0) is 21.8. The Morgan fingerprint density at radius 3 is 2.74 bits per heavy atom. The molecule has 0 spiro atoms. The van der Waals surface area contributed by atoms with Gasteiger partial charge < -0.3 is 9.26 Å². The molecule has 31 heavy (non-hydrogen) atoms. The van der Waals surface area contributed by atoms with Gasteiger partial charge in [-0.2, -0.15) is 0 Å². The maximum Gasteiger partial charge on any atom is 0.260 e. The van der Waals surface area contributed by atoms with Crippen LogP contribution in [-0.4, -0.2) is 28.1 Å². The van der Waals surface area contributed by atoms with Crippen molar-refractivity contribution in [2.45, 2.75) is 24.6 Å². The number of rotatable bonds is 7. The highest BCUT2D eigenvalue weighted by Gasteiger charge is 2.17. The number of hydrogen-bond acceptors (Lipinski definition) is 8. The fraction of sp³-hybridized carbons (Fsp3) is 0.182. The Hall–Kier alpha value is -3.17. The molecule has 1 aromatic carbocycles. The number of anilines is 1. The second kappa shape index (κ2) is 9.32. The molecule has 0 bridgehead atoms. The Kier molecular flexibility index (Phi) is 6.34. The zero-order valence-corrected chi connectivity index (χ0v) is 18.8. The van der Waals surface area contributed by atoms with Crippen LogP contribution in [0.4, 0.5) is 5.13 Å². The summed E-state index contributed by atoms with van der Waals surface area (Å²) in [5.41, 5.74) is 3.10. The van der Waals surface area contributed by atoms with E-state index in [-0.39, 0.29) is 5.91 Å². The molecule has 9 heteroatoms. The number of ether oxygens (including phenoxy) is 1. The lowest BCUT2D eigenvalue weighted by molar-refractivity contribution is 0.102. The maximum absolute atomic E-state index is 12.9. The molecule has 0 fully saturated rings. The van der Waals surface area contributed by atoms with Gasteiger partial charge in [-0.15, -0.1) is 11.3 Å². The first-order valence-electron chi connectivity index (χ1n) is 9.46. The van der Waals surface area contributed by atoms with Crippen LogP contribution in [0, 0.1) is 13.8 Å². The number of benzene rings is 1. The van der Waals surface area contributed by atoms with Crippen LogP contribution in [0.3, 0.4) is 0 Å². The number of hydrogen-bond donors (Lipinski definition) is 1. The molecule has 0 saturated heterocycles. The topological polar surface area (TPSA) is 90.1 Å². The van der Waals surface area contributed by atoms with E-state index in [0.717, 1.165) is 33.3 Å². The van der Waals surface area contributed by atoms with Gasteiger partial charge in [0.2, 0.25) is 0 Å². The summed E-state index contributed by atoms with van der Waals surface area (Å²) in [6, 6.07) is 13.1. The first-order valence-corrected chi connectivity index (χ1v) is 11.3. The summed E-state index contributed by atoms with van der Waals surface area (Å²) >= 11 is 2.87. The third-order valence-corrected chi connectivity index (χ3v) is 6.35. The van der Waals surface area contributed by atoms with E-state index < -0.39 is 0 Å². The third-order valence-electron chi connectivity index (χ3n) is 4.43. The van der Waals surface area contributed by atoms with Crippen molar-refractivity contribution in [3.05, 3.63) is 70.6 Å². The van der Waals surface area contributed by atoms with Gasteiger partial charge in [-0.25, -0.2) is 9.97 Å². The second-order valence-corrected chi connectivity index (χ2v) is 8.85. The predicted octanol–water partition coefficient (Wildman–Crippen LogP) is 5.36. The number of aryl methyl sites for hydroxylation is 2. The van der Waals surface area contributed by atoms with Gasteiger partial charge in [-0.1, -0.05) is 16.9 Å². The fourth-order valence-electron chi connectivity index (χ4n) is 2.94. The molecule has 3 aromatic heterocycles. The van der Waals surface area contributed by atoms with Crippen LogP contribution in [0.2, 0.25) is 0 Å². The SMILES string of the molecule is COc1ccc(-c2nc(NC(=O)c3cccnc3SCc3cc(C)on3)sc2C)cc1. The van der Waals surface area contributed by atoms with Gasteiger partial charge in [0, 0.05) is 28.5 Å². The van der Waals surface area contributed by atoms with Crippen molar-refractivity contribution in [1.82, 2.24) is 15.1 Å². The summed E-state index contributed by atoms with van der Waals surface area (Å²) in [5.74, 6) is 1.85. The summed E-state index contributed by atoms with van der Waals surface area (Å²) in [5, 5.41) is 8.07. The number of amides is 1. The number of thioether (sulfide) groups is 1. The number of methoxy groups -OCH3 is 1. The molecule has 0 saturated carbocycles. The normalized spacial score (nSPS) is 10.8. The lowest BCUT2D eigenvalue weighted by Crippen LogP contribution is -2.13. The van der Waals surface area contributed by atoms with Crippen molar-refractivity contribution >= 4 is 34.1 Å². The molecule has 0 unspecified atom stereocenters. The van der Waals surface area contributed by atoms with Crippen molar-refractivity contribution in [2.24, 2.45) is 0 Å². The van der Waals surface area contributed by atoms with E-state index in [2.05, 4.69) is 20.4 Å². The standard InChI is InChI=1S/C22H20N4O3S2/c1-13-11-16(26-29-13)12-30-21-18(5-4-10-23-21)20(27)25-22-24-19(14(2)31-22)15-6-8-17(28-3)9-7-15/h4-11H,12H2,1-3H3,(H,24,25,27). The maximum atomic E-state index is 12.9. The van der Waals surface area contributed by atoms with Crippen LogP contribution in [-0.2, 0) is 5.75 Å². The summed E-state index contributed by atoms with van der Waals surface area (Å²) in [7, 11) is 1.63. The average molecular weight is 453 g/mol. The first-order chi connectivity index (χ1) is 15.0. The van der Waals surface area contributed by atoms with Crippen LogP contribution in [0.5, 0.6) is 5.75 Å². The molecule has 1 N–H and O–H groups in total. The summed E-state index contributed by atoms with van der Waals surface area (Å²) < 4.78 is 10.3. The quantitative estimate of drug-likeness (QED) is 0.377. The predicted molar refractivity (Wildman–Crippen MR) is 122 cm³/mol. The molecular formula is C22H20N4O3S2. The number of nitrogens with zero attached hydrogens (tertiary/aromatic N) is 3. The zero-order valence-electron chi connectivity index (χ0n) is 17.2. The highest BCUT2D eigenvalue weighted by Crippen LogP contribution is 2.32. The van der Waals surface area contributed by atoms with E-state index in [9.17, 15) is 4.79 Å². The Morgan fingerprint density at radius 1 is 1.23 bits per heavy atom. The summed E-state index contributed by atoms with van der Waals surface area (Å²) in [6.45, 7) is 3.83. The number of carbonyl (C=O) groups is 1. The molecular weight excluding hydrogens is 432 g/mol. The van der Waals surface area contributed by atoms with E-state index >= 15 is 0 Å². The summed E-state index contributed by atoms with van der Waals surface area (Å²) in [6.07, 6.45) is 1.67. The first kappa shape index (κ1) is 21.1. The van der Waals surface area contributed by atoms with Gasteiger partial charge in [-0.05, 0) is 50.2 Å². The van der Waals surface area contributed by atoms with E-state index in [1.54, 1.807) is 25.4 Å². The molecule has 4 aromatic rings.